The molecule has 2 aromatic rings. The quantitative estimate of drug-likeness (QED) is 0.308. The average molecular weight is 599 g/mol. The molecule has 1 fully saturated rings. The smallest absolute Gasteiger partial charge is 0.404 e. The number of carbonyl (C=O) groups is 2. The van der Waals surface area contributed by atoms with Crippen molar-refractivity contribution < 1.29 is 27.5 Å². The Morgan fingerprint density at radius 2 is 1.83 bits per heavy atom. The van der Waals surface area contributed by atoms with Crippen LogP contribution in [0.25, 0.3) is 0 Å². The summed E-state index contributed by atoms with van der Waals surface area (Å²) in [7, 11) is 2.79. The van der Waals surface area contributed by atoms with Gasteiger partial charge in [-0.1, -0.05) is 37.6 Å². The number of anilines is 1. The second-order valence-corrected chi connectivity index (χ2v) is 10.6. The summed E-state index contributed by atoms with van der Waals surface area (Å²) in [6.45, 7) is 9.50. The molecule has 0 spiro atoms. The van der Waals surface area contributed by atoms with E-state index in [9.17, 15) is 22.8 Å². The number of hydrogen-bond donors (Lipinski definition) is 1. The number of hydrogen-bond acceptors (Lipinski definition) is 5. The summed E-state index contributed by atoms with van der Waals surface area (Å²) in [5, 5.41) is 2.96. The fraction of sp³-hybridized carbons (Fsp3) is 0.567. The molecule has 2 amide bonds. The van der Waals surface area contributed by atoms with Gasteiger partial charge >= 0.3 is 6.18 Å². The number of benzene rings is 1. The zero-order valence-electron chi connectivity index (χ0n) is 24.7. The van der Waals surface area contributed by atoms with Gasteiger partial charge in [0.25, 0.3) is 5.91 Å². The number of pyridine rings is 1. The molecule has 1 aromatic heterocycles. The van der Waals surface area contributed by atoms with Crippen LogP contribution in [0.2, 0.25) is 5.15 Å². The summed E-state index contributed by atoms with van der Waals surface area (Å²) in [6, 6.07) is 9.02. The first-order valence-electron chi connectivity index (χ1n) is 14.1. The fourth-order valence-corrected chi connectivity index (χ4v) is 5.04. The highest BCUT2D eigenvalue weighted by atomic mass is 35.5. The number of ether oxygens (including phenoxy) is 1. The maximum absolute atomic E-state index is 13.9. The van der Waals surface area contributed by atoms with Crippen LogP contribution in [0.1, 0.15) is 75.2 Å². The molecule has 7 nitrogen and oxygen atoms in total. The molecule has 1 aromatic carbocycles. The van der Waals surface area contributed by atoms with Crippen LogP contribution in [-0.2, 0) is 4.79 Å². The van der Waals surface area contributed by atoms with Gasteiger partial charge in [-0.3, -0.25) is 9.59 Å². The summed E-state index contributed by atoms with van der Waals surface area (Å²) in [5.74, 6) is -2.09. The predicted octanol–water partition coefficient (Wildman–Crippen LogP) is 6.71. The molecule has 1 N–H and O–H groups in total. The molecule has 11 heteroatoms. The Kier molecular flexibility index (Phi) is 13.2. The molecule has 1 aliphatic rings. The number of aromatic nitrogens is 1. The summed E-state index contributed by atoms with van der Waals surface area (Å²) < 4.78 is 46.6. The van der Waals surface area contributed by atoms with Gasteiger partial charge in [0.05, 0.1) is 12.7 Å². The summed E-state index contributed by atoms with van der Waals surface area (Å²) in [4.78, 5) is 32.8. The SMILES string of the molecule is CC.COc1cccc(C(C(=O)N(C)CCCC2CCN(c3ccc(C(=O)NC(C)C)c(Cl)n3)CC2)C(F)(F)F)c1. The van der Waals surface area contributed by atoms with Crippen LogP contribution in [0.5, 0.6) is 5.75 Å². The molecule has 1 saturated heterocycles. The molecule has 2 heterocycles. The van der Waals surface area contributed by atoms with Crippen LogP contribution in [0.4, 0.5) is 19.0 Å². The molecule has 1 atom stereocenters. The lowest BCUT2D eigenvalue weighted by molar-refractivity contribution is -0.171. The Morgan fingerprint density at radius 1 is 1.17 bits per heavy atom. The number of nitrogens with zero attached hydrogens (tertiary/aromatic N) is 3. The largest absolute Gasteiger partial charge is 0.497 e. The molecule has 1 aliphatic heterocycles. The van der Waals surface area contributed by atoms with Gasteiger partial charge in [0, 0.05) is 32.7 Å². The number of likely N-dealkylation sites (N-methyl/N-ethyl adjacent to an activating group) is 1. The summed E-state index contributed by atoms with van der Waals surface area (Å²) >= 11 is 6.28. The molecular weight excluding hydrogens is 557 g/mol. The van der Waals surface area contributed by atoms with E-state index in [0.29, 0.717) is 23.7 Å². The highest BCUT2D eigenvalue weighted by molar-refractivity contribution is 6.32. The van der Waals surface area contributed by atoms with Crippen molar-refractivity contribution in [3.05, 3.63) is 52.7 Å². The number of nitrogens with one attached hydrogen (secondary N) is 1. The van der Waals surface area contributed by atoms with E-state index < -0.39 is 18.0 Å². The molecule has 3 rings (SSSR count). The van der Waals surface area contributed by atoms with Crippen LogP contribution < -0.4 is 15.0 Å². The van der Waals surface area contributed by atoms with E-state index in [1.54, 1.807) is 18.2 Å². The van der Waals surface area contributed by atoms with Gasteiger partial charge in [-0.05, 0) is 75.3 Å². The van der Waals surface area contributed by atoms with Crippen molar-refractivity contribution in [2.24, 2.45) is 5.92 Å². The van der Waals surface area contributed by atoms with E-state index in [1.807, 2.05) is 27.7 Å². The summed E-state index contributed by atoms with van der Waals surface area (Å²) in [5.41, 5.74) is 0.204. The highest BCUT2D eigenvalue weighted by Gasteiger charge is 2.47. The lowest BCUT2D eigenvalue weighted by Gasteiger charge is -2.33. The Hall–Kier alpha value is -3.01. The molecule has 0 radical (unpaired) electrons. The topological polar surface area (TPSA) is 74.8 Å². The maximum atomic E-state index is 13.9. The van der Waals surface area contributed by atoms with Crippen LogP contribution in [0, 0.1) is 5.92 Å². The van der Waals surface area contributed by atoms with Gasteiger partial charge in [-0.2, -0.15) is 13.2 Å². The van der Waals surface area contributed by atoms with E-state index in [4.69, 9.17) is 16.3 Å². The molecule has 41 heavy (non-hydrogen) atoms. The number of rotatable bonds is 10. The minimum Gasteiger partial charge on any atom is -0.497 e. The first kappa shape index (κ1) is 34.2. The maximum Gasteiger partial charge on any atom is 0.404 e. The zero-order valence-corrected chi connectivity index (χ0v) is 25.5. The Morgan fingerprint density at radius 3 is 2.39 bits per heavy atom. The second-order valence-electron chi connectivity index (χ2n) is 10.2. The van der Waals surface area contributed by atoms with Crippen molar-refractivity contribution >= 4 is 29.2 Å². The summed E-state index contributed by atoms with van der Waals surface area (Å²) in [6.07, 6.45) is -1.51. The number of alkyl halides is 3. The third kappa shape index (κ3) is 9.80. The van der Waals surface area contributed by atoms with Gasteiger partial charge in [0.15, 0.2) is 5.92 Å². The van der Waals surface area contributed by atoms with Gasteiger partial charge in [-0.15, -0.1) is 0 Å². The van der Waals surface area contributed by atoms with Crippen molar-refractivity contribution in [3.8, 4) is 5.75 Å². The standard InChI is InChI=1S/C28H36ClF3N4O3.C2H6/c1-18(2)33-26(37)22-10-11-23(34-25(22)29)36-15-12-19(13-16-36)7-6-14-35(3)27(38)24(28(30,31)32)20-8-5-9-21(17-20)39-4;1-2/h5,8-11,17-19,24H,6-7,12-16H2,1-4H3,(H,33,37);1-2H3. The lowest BCUT2D eigenvalue weighted by atomic mass is 9.92. The van der Waals surface area contributed by atoms with Crippen molar-refractivity contribution in [1.29, 1.82) is 0 Å². The molecule has 0 bridgehead atoms. The average Bonchev–Trinajstić information content (AvgIpc) is 2.93. The number of methoxy groups -OCH3 is 1. The molecular formula is C30H42ClF3N4O3. The molecule has 228 valence electrons. The van der Waals surface area contributed by atoms with E-state index in [2.05, 4.69) is 15.2 Å². The molecule has 1 unspecified atom stereocenters. The predicted molar refractivity (Wildman–Crippen MR) is 157 cm³/mol. The van der Waals surface area contributed by atoms with Crippen molar-refractivity contribution in [2.75, 3.05) is 38.7 Å². The van der Waals surface area contributed by atoms with Crippen LogP contribution in [0.3, 0.4) is 0 Å². The fourth-order valence-electron chi connectivity index (χ4n) is 4.80. The van der Waals surface area contributed by atoms with Crippen LogP contribution >= 0.6 is 11.6 Å². The van der Waals surface area contributed by atoms with Gasteiger partial charge in [0.2, 0.25) is 5.91 Å². The minimum absolute atomic E-state index is 0.00999. The van der Waals surface area contributed by atoms with Crippen molar-refractivity contribution in [2.45, 2.75) is 71.5 Å². The van der Waals surface area contributed by atoms with E-state index in [-0.39, 0.29) is 35.0 Å². The van der Waals surface area contributed by atoms with Gasteiger partial charge in [-0.25, -0.2) is 4.98 Å². The minimum atomic E-state index is -4.71. The zero-order chi connectivity index (χ0) is 30.7. The van der Waals surface area contributed by atoms with E-state index >= 15 is 0 Å². The third-order valence-electron chi connectivity index (χ3n) is 6.92. The number of piperidine rings is 1. The van der Waals surface area contributed by atoms with Crippen molar-refractivity contribution in [3.63, 3.8) is 0 Å². The van der Waals surface area contributed by atoms with Crippen LogP contribution in [-0.4, -0.2) is 67.7 Å². The number of amides is 2. The Bertz CT molecular complexity index is 1140. The van der Waals surface area contributed by atoms with Gasteiger partial charge in [0.1, 0.15) is 16.7 Å². The Labute approximate surface area is 246 Å². The third-order valence-corrected chi connectivity index (χ3v) is 7.21. The second kappa shape index (κ2) is 15.8. The van der Waals surface area contributed by atoms with E-state index in [1.165, 1.54) is 37.3 Å². The van der Waals surface area contributed by atoms with Crippen LogP contribution in [0.15, 0.2) is 36.4 Å². The first-order chi connectivity index (χ1) is 19.4. The Balaban J connectivity index is 0.00000287. The highest BCUT2D eigenvalue weighted by Crippen LogP contribution is 2.37. The monoisotopic (exact) mass is 598 g/mol. The first-order valence-corrected chi connectivity index (χ1v) is 14.5. The normalized spacial score (nSPS) is 14.7. The van der Waals surface area contributed by atoms with Crippen molar-refractivity contribution in [1.82, 2.24) is 15.2 Å². The molecule has 0 aliphatic carbocycles. The van der Waals surface area contributed by atoms with E-state index in [0.717, 1.165) is 32.4 Å². The van der Waals surface area contributed by atoms with Gasteiger partial charge < -0.3 is 19.9 Å². The number of carbonyl (C=O) groups excluding carboxylic acids is 2. The number of halogens is 4. The lowest BCUT2D eigenvalue weighted by Crippen LogP contribution is -2.39. The molecule has 0 saturated carbocycles.